The van der Waals surface area contributed by atoms with Crippen molar-refractivity contribution in [1.82, 2.24) is 9.97 Å². The molecule has 0 bridgehead atoms. The lowest BCUT2D eigenvalue weighted by Gasteiger charge is -1.82. The van der Waals surface area contributed by atoms with E-state index in [4.69, 9.17) is 10.8 Å². The van der Waals surface area contributed by atoms with E-state index in [1.807, 2.05) is 13.8 Å². The number of thiazole rings is 2. The molecule has 2 rings (SSSR count). The molecule has 0 aromatic carbocycles. The van der Waals surface area contributed by atoms with Crippen molar-refractivity contribution in [2.75, 3.05) is 0 Å². The van der Waals surface area contributed by atoms with Crippen LogP contribution in [0.15, 0.2) is 0 Å². The van der Waals surface area contributed by atoms with Gasteiger partial charge in [0.1, 0.15) is 0 Å². The Bertz CT molecular complexity index is 570. The maximum absolute atomic E-state index is 8.64. The minimum atomic E-state index is 0.294. The lowest BCUT2D eigenvalue weighted by Crippen LogP contribution is -1.82. The zero-order chi connectivity index (χ0) is 11.7. The predicted octanol–water partition coefficient (Wildman–Crippen LogP) is 3.85. The molecule has 0 atom stereocenters. The Morgan fingerprint density at radius 2 is 1.25 bits per heavy atom. The maximum Gasteiger partial charge on any atom is 0.524 e. The SMILES string of the molecule is Cc1sc([N+]#N)nc1-c1nc([N+]#N)sc1C. The first-order valence-corrected chi connectivity index (χ1v) is 5.94. The van der Waals surface area contributed by atoms with Crippen LogP contribution in [0.4, 0.5) is 10.3 Å². The Hall–Kier alpha value is -1.90. The van der Waals surface area contributed by atoms with Gasteiger partial charge in [0, 0.05) is 9.95 Å². The highest BCUT2D eigenvalue weighted by molar-refractivity contribution is 7.17. The first-order chi connectivity index (χ1) is 7.65. The van der Waals surface area contributed by atoms with Crippen molar-refractivity contribution >= 4 is 32.9 Å². The van der Waals surface area contributed by atoms with Gasteiger partial charge in [-0.15, -0.1) is 0 Å². The van der Waals surface area contributed by atoms with E-state index >= 15 is 0 Å². The zero-order valence-electron chi connectivity index (χ0n) is 8.50. The third kappa shape index (κ3) is 1.65. The van der Waals surface area contributed by atoms with Crippen molar-refractivity contribution in [3.63, 3.8) is 0 Å². The van der Waals surface area contributed by atoms with E-state index in [0.29, 0.717) is 21.7 Å². The lowest BCUT2D eigenvalue weighted by atomic mass is 10.2. The van der Waals surface area contributed by atoms with Crippen LogP contribution in [0.25, 0.3) is 21.3 Å². The van der Waals surface area contributed by atoms with E-state index in [0.717, 1.165) is 9.75 Å². The van der Waals surface area contributed by atoms with Gasteiger partial charge in [-0.25, -0.2) is 0 Å². The summed E-state index contributed by atoms with van der Waals surface area (Å²) >= 11 is 2.56. The smallest absolute Gasteiger partial charge is 0.0253 e. The second-order valence-electron chi connectivity index (χ2n) is 3.00. The van der Waals surface area contributed by atoms with Gasteiger partial charge in [-0.05, 0) is 46.5 Å². The molecule has 0 aliphatic heterocycles. The van der Waals surface area contributed by atoms with Crippen LogP contribution in [0.5, 0.6) is 0 Å². The van der Waals surface area contributed by atoms with Crippen molar-refractivity contribution < 1.29 is 0 Å². The summed E-state index contributed by atoms with van der Waals surface area (Å²) in [5, 5.41) is 17.9. The first-order valence-electron chi connectivity index (χ1n) is 4.31. The molecule has 0 radical (unpaired) electrons. The average Bonchev–Trinajstić information content (AvgIpc) is 2.81. The molecule has 78 valence electrons. The highest BCUT2D eigenvalue weighted by Crippen LogP contribution is 2.36. The molecule has 0 aliphatic carbocycles. The predicted molar refractivity (Wildman–Crippen MR) is 62.2 cm³/mol. The van der Waals surface area contributed by atoms with E-state index < -0.39 is 0 Å². The van der Waals surface area contributed by atoms with Gasteiger partial charge in [0.05, 0.1) is 20.5 Å². The fraction of sp³-hybridized carbons (Fsp3) is 0.250. The largest absolute Gasteiger partial charge is 0.524 e. The molecule has 2 aromatic rings. The Morgan fingerprint density at radius 3 is 1.50 bits per heavy atom. The summed E-state index contributed by atoms with van der Waals surface area (Å²) in [5.74, 6) is 0. The molecule has 2 aromatic heterocycles. The molecule has 8 heteroatoms. The van der Waals surface area contributed by atoms with E-state index in [1.54, 1.807) is 0 Å². The third-order valence-electron chi connectivity index (χ3n) is 1.97. The molecule has 0 unspecified atom stereocenters. The van der Waals surface area contributed by atoms with Crippen molar-refractivity contribution in [3.8, 4) is 11.4 Å². The highest BCUT2D eigenvalue weighted by Gasteiger charge is 2.30. The van der Waals surface area contributed by atoms with Gasteiger partial charge in [0.25, 0.3) is 0 Å². The molecular formula is C8H6N6S2+2. The van der Waals surface area contributed by atoms with Crippen LogP contribution in [0, 0.1) is 24.6 Å². The van der Waals surface area contributed by atoms with Gasteiger partial charge < -0.3 is 0 Å². The summed E-state index contributed by atoms with van der Waals surface area (Å²) in [7, 11) is 0. The van der Waals surface area contributed by atoms with Gasteiger partial charge in [0.15, 0.2) is 0 Å². The lowest BCUT2D eigenvalue weighted by molar-refractivity contribution is 1.29. The van der Waals surface area contributed by atoms with E-state index in [9.17, 15) is 0 Å². The fourth-order valence-electron chi connectivity index (χ4n) is 1.29. The van der Waals surface area contributed by atoms with Crippen molar-refractivity contribution in [3.05, 3.63) is 19.7 Å². The molecule has 16 heavy (non-hydrogen) atoms. The summed E-state index contributed by atoms with van der Waals surface area (Å²) in [6, 6.07) is 0. The summed E-state index contributed by atoms with van der Waals surface area (Å²) in [4.78, 5) is 16.2. The highest BCUT2D eigenvalue weighted by atomic mass is 32.1. The number of hydrogen-bond donors (Lipinski definition) is 0. The maximum atomic E-state index is 8.64. The molecule has 2 heterocycles. The van der Waals surface area contributed by atoms with Gasteiger partial charge in [-0.1, -0.05) is 0 Å². The van der Waals surface area contributed by atoms with Gasteiger partial charge in [-0.2, -0.15) is 0 Å². The zero-order valence-corrected chi connectivity index (χ0v) is 10.1. The second kappa shape index (κ2) is 3.93. The minimum absolute atomic E-state index is 0.294. The molecule has 0 saturated heterocycles. The molecule has 0 fully saturated rings. The summed E-state index contributed by atoms with van der Waals surface area (Å²) in [5.41, 5.74) is 1.34. The normalized spacial score (nSPS) is 9.75. The van der Waals surface area contributed by atoms with E-state index in [-0.39, 0.29) is 0 Å². The number of aryl methyl sites for hydroxylation is 2. The number of nitrogens with zero attached hydrogens (tertiary/aromatic N) is 6. The fourth-order valence-corrected chi connectivity index (χ4v) is 2.67. The van der Waals surface area contributed by atoms with Crippen LogP contribution in [0.2, 0.25) is 0 Å². The molecule has 6 nitrogen and oxygen atoms in total. The molecule has 0 N–H and O–H groups in total. The van der Waals surface area contributed by atoms with Gasteiger partial charge in [-0.3, -0.25) is 0 Å². The van der Waals surface area contributed by atoms with Crippen LogP contribution >= 0.6 is 22.7 Å². The summed E-state index contributed by atoms with van der Waals surface area (Å²) < 4.78 is 0. The van der Waals surface area contributed by atoms with Crippen LogP contribution in [-0.2, 0) is 0 Å². The number of diazo groups is 2. The second-order valence-corrected chi connectivity index (χ2v) is 5.37. The molecule has 0 amide bonds. The van der Waals surface area contributed by atoms with Crippen LogP contribution in [-0.4, -0.2) is 9.97 Å². The Morgan fingerprint density at radius 1 is 0.875 bits per heavy atom. The standard InChI is InChI=1S/C8H6N6S2/c1-3-5(11-7(13-9)15-3)6-4(2)16-8(12-6)14-10/h1-2H3/q+2. The van der Waals surface area contributed by atoms with Crippen LogP contribution in [0.3, 0.4) is 0 Å². The Balaban J connectivity index is 2.59. The molecular weight excluding hydrogens is 244 g/mol. The summed E-state index contributed by atoms with van der Waals surface area (Å²) in [6.07, 6.45) is 0. The Kier molecular flexibility index (Phi) is 2.60. The summed E-state index contributed by atoms with van der Waals surface area (Å²) in [6.45, 7) is 3.74. The topological polar surface area (TPSA) is 82.1 Å². The number of rotatable bonds is 1. The van der Waals surface area contributed by atoms with Crippen molar-refractivity contribution in [1.29, 1.82) is 10.8 Å². The minimum Gasteiger partial charge on any atom is -0.0253 e. The molecule has 0 aliphatic rings. The molecule has 0 saturated carbocycles. The third-order valence-corrected chi connectivity index (χ3v) is 3.68. The first kappa shape index (κ1) is 10.6. The monoisotopic (exact) mass is 250 g/mol. The number of hydrogen-bond acceptors (Lipinski definition) is 6. The van der Waals surface area contributed by atoms with Crippen molar-refractivity contribution in [2.45, 2.75) is 13.8 Å². The number of aromatic nitrogens is 2. The van der Waals surface area contributed by atoms with Gasteiger partial charge >= 0.3 is 10.3 Å². The van der Waals surface area contributed by atoms with E-state index in [2.05, 4.69) is 19.9 Å². The van der Waals surface area contributed by atoms with Crippen molar-refractivity contribution in [2.24, 2.45) is 0 Å². The van der Waals surface area contributed by atoms with E-state index in [1.165, 1.54) is 22.7 Å². The van der Waals surface area contributed by atoms with Crippen LogP contribution in [0.1, 0.15) is 9.75 Å². The Labute approximate surface area is 98.9 Å². The van der Waals surface area contributed by atoms with Crippen LogP contribution < -0.4 is 0 Å². The quantitative estimate of drug-likeness (QED) is 0.719. The average molecular weight is 250 g/mol. The van der Waals surface area contributed by atoms with Gasteiger partial charge in [0.2, 0.25) is 11.4 Å². The molecule has 0 spiro atoms.